The Balaban J connectivity index is 1.66. The van der Waals surface area contributed by atoms with Crippen LogP contribution in [0, 0.1) is 11.8 Å². The topological polar surface area (TPSA) is 111 Å². The summed E-state index contributed by atoms with van der Waals surface area (Å²) in [5.41, 5.74) is 2.32. The summed E-state index contributed by atoms with van der Waals surface area (Å²) in [5.74, 6) is 0.0531. The smallest absolute Gasteiger partial charge is 0.243 e. The second kappa shape index (κ2) is 13.9. The molecule has 1 aliphatic heterocycles. The number of fused-ring (bicyclic) bond motifs is 1. The Hall–Kier alpha value is -2.22. The summed E-state index contributed by atoms with van der Waals surface area (Å²) >= 11 is 0. The predicted molar refractivity (Wildman–Crippen MR) is 142 cm³/mol. The molecule has 0 bridgehead atoms. The van der Waals surface area contributed by atoms with E-state index in [1.807, 2.05) is 32.0 Å². The number of carbonyl (C=O) groups excluding carboxylic acids is 2. The van der Waals surface area contributed by atoms with E-state index < -0.39 is 30.3 Å². The molecule has 36 heavy (non-hydrogen) atoms. The summed E-state index contributed by atoms with van der Waals surface area (Å²) in [6.45, 7) is 8.37. The maximum absolute atomic E-state index is 13.4. The zero-order valence-corrected chi connectivity index (χ0v) is 21.9. The van der Waals surface area contributed by atoms with Gasteiger partial charge in [-0.1, -0.05) is 76.3 Å². The van der Waals surface area contributed by atoms with Crippen molar-refractivity contribution in [2.45, 2.75) is 109 Å². The van der Waals surface area contributed by atoms with Gasteiger partial charge in [-0.3, -0.25) is 9.59 Å². The molecule has 200 valence electrons. The van der Waals surface area contributed by atoms with E-state index in [0.717, 1.165) is 31.2 Å². The molecule has 1 aliphatic carbocycles. The Bertz CT molecular complexity index is 868. The third-order valence-electron chi connectivity index (χ3n) is 7.59. The molecule has 1 fully saturated rings. The minimum absolute atomic E-state index is 0.224. The van der Waals surface area contributed by atoms with E-state index in [1.165, 1.54) is 12.0 Å². The molecule has 0 unspecified atom stereocenters. The zero-order valence-electron chi connectivity index (χ0n) is 21.9. The molecule has 7 nitrogen and oxygen atoms in total. The molecule has 5 atom stereocenters. The van der Waals surface area contributed by atoms with Crippen LogP contribution < -0.4 is 16.0 Å². The molecule has 1 aromatic rings. The minimum Gasteiger partial charge on any atom is -0.390 e. The molecule has 2 aliphatic rings. The molecule has 0 saturated heterocycles. The standard InChI is InChI=1S/C29H45N3O4/c1-4-10-23(31-29(36)25-17-21-13-8-9-14-22(21)18-30-25)28(35)32-24(16-20-11-6-5-7-12-20)27(34)26(33)15-19(2)3/h4,8-9,13-14,19-20,23-27,30,33-34H,1,5-7,10-12,15-18H2,2-3H3,(H,31,36)(H,32,35)/t23-,24-,25+,26-,27+/m0/s1. The highest BCUT2D eigenvalue weighted by atomic mass is 16.3. The van der Waals surface area contributed by atoms with Gasteiger partial charge in [0.2, 0.25) is 11.8 Å². The monoisotopic (exact) mass is 499 g/mol. The number of hydrogen-bond donors (Lipinski definition) is 5. The van der Waals surface area contributed by atoms with Crippen LogP contribution in [-0.2, 0) is 22.6 Å². The molecule has 1 aromatic carbocycles. The fourth-order valence-electron chi connectivity index (χ4n) is 5.55. The predicted octanol–water partition coefficient (Wildman–Crippen LogP) is 2.98. The molecule has 7 heteroatoms. The lowest BCUT2D eigenvalue weighted by Gasteiger charge is -2.34. The van der Waals surface area contributed by atoms with Gasteiger partial charge in [-0.15, -0.1) is 6.58 Å². The lowest BCUT2D eigenvalue weighted by molar-refractivity contribution is -0.131. The lowest BCUT2D eigenvalue weighted by Crippen LogP contribution is -2.57. The summed E-state index contributed by atoms with van der Waals surface area (Å²) in [6.07, 6.45) is 7.24. The number of aliphatic hydroxyl groups is 2. The summed E-state index contributed by atoms with van der Waals surface area (Å²) in [6, 6.07) is 6.26. The van der Waals surface area contributed by atoms with Gasteiger partial charge in [0.15, 0.2) is 0 Å². The molecule has 0 radical (unpaired) electrons. The molecule has 1 heterocycles. The number of carbonyl (C=O) groups is 2. The van der Waals surface area contributed by atoms with E-state index in [4.69, 9.17) is 0 Å². The van der Waals surface area contributed by atoms with Crippen LogP contribution in [0.25, 0.3) is 0 Å². The average Bonchev–Trinajstić information content (AvgIpc) is 2.87. The maximum atomic E-state index is 13.4. The van der Waals surface area contributed by atoms with E-state index >= 15 is 0 Å². The normalized spacial score (nSPS) is 21.6. The van der Waals surface area contributed by atoms with Gasteiger partial charge in [0.1, 0.15) is 12.1 Å². The number of aliphatic hydroxyl groups excluding tert-OH is 2. The van der Waals surface area contributed by atoms with Crippen molar-refractivity contribution in [2.75, 3.05) is 0 Å². The molecule has 2 amide bonds. The van der Waals surface area contributed by atoms with Crippen LogP contribution in [0.5, 0.6) is 0 Å². The van der Waals surface area contributed by atoms with Crippen LogP contribution in [0.3, 0.4) is 0 Å². The van der Waals surface area contributed by atoms with Gasteiger partial charge in [0.25, 0.3) is 0 Å². The fourth-order valence-corrected chi connectivity index (χ4v) is 5.55. The van der Waals surface area contributed by atoms with E-state index in [2.05, 4.69) is 28.6 Å². The molecule has 3 rings (SSSR count). The number of amides is 2. The van der Waals surface area contributed by atoms with Crippen LogP contribution in [0.2, 0.25) is 0 Å². The second-order valence-electron chi connectivity index (χ2n) is 11.0. The Morgan fingerprint density at radius 1 is 1.11 bits per heavy atom. The van der Waals surface area contributed by atoms with E-state index in [1.54, 1.807) is 6.08 Å². The van der Waals surface area contributed by atoms with Gasteiger partial charge in [-0.2, -0.15) is 0 Å². The molecular weight excluding hydrogens is 454 g/mol. The summed E-state index contributed by atoms with van der Waals surface area (Å²) in [5, 5.41) is 30.8. The summed E-state index contributed by atoms with van der Waals surface area (Å²) in [7, 11) is 0. The van der Waals surface area contributed by atoms with E-state index in [-0.39, 0.29) is 24.2 Å². The number of nitrogens with one attached hydrogen (secondary N) is 3. The summed E-state index contributed by atoms with van der Waals surface area (Å²) in [4.78, 5) is 26.5. The number of benzene rings is 1. The van der Waals surface area contributed by atoms with Gasteiger partial charge in [0.05, 0.1) is 18.2 Å². The van der Waals surface area contributed by atoms with Crippen molar-refractivity contribution in [2.24, 2.45) is 11.8 Å². The van der Waals surface area contributed by atoms with Crippen LogP contribution in [0.15, 0.2) is 36.9 Å². The van der Waals surface area contributed by atoms with Gasteiger partial charge >= 0.3 is 0 Å². The van der Waals surface area contributed by atoms with Crippen LogP contribution in [0.4, 0.5) is 0 Å². The fraction of sp³-hybridized carbons (Fsp3) is 0.655. The van der Waals surface area contributed by atoms with Gasteiger partial charge < -0.3 is 26.2 Å². The first-order valence-electron chi connectivity index (χ1n) is 13.7. The Morgan fingerprint density at radius 3 is 2.47 bits per heavy atom. The van der Waals surface area contributed by atoms with Crippen molar-refractivity contribution >= 4 is 11.8 Å². The molecule has 0 spiro atoms. The van der Waals surface area contributed by atoms with Gasteiger partial charge in [-0.05, 0) is 48.6 Å². The third-order valence-corrected chi connectivity index (χ3v) is 7.59. The van der Waals surface area contributed by atoms with E-state index in [0.29, 0.717) is 31.7 Å². The van der Waals surface area contributed by atoms with Crippen molar-refractivity contribution in [1.82, 2.24) is 16.0 Å². The largest absolute Gasteiger partial charge is 0.390 e. The molecule has 1 saturated carbocycles. The number of hydrogen-bond acceptors (Lipinski definition) is 5. The zero-order chi connectivity index (χ0) is 26.1. The molecule has 0 aromatic heterocycles. The first-order chi connectivity index (χ1) is 17.3. The quantitative estimate of drug-likeness (QED) is 0.284. The van der Waals surface area contributed by atoms with Crippen molar-refractivity contribution < 1.29 is 19.8 Å². The molecular formula is C29H45N3O4. The van der Waals surface area contributed by atoms with Gasteiger partial charge in [0, 0.05) is 6.54 Å². The van der Waals surface area contributed by atoms with Crippen molar-refractivity contribution in [3.8, 4) is 0 Å². The van der Waals surface area contributed by atoms with Crippen molar-refractivity contribution in [3.05, 3.63) is 48.0 Å². The Morgan fingerprint density at radius 2 is 1.81 bits per heavy atom. The Kier molecular flexibility index (Phi) is 11.0. The second-order valence-corrected chi connectivity index (χ2v) is 11.0. The number of rotatable bonds is 12. The lowest BCUT2D eigenvalue weighted by atomic mass is 9.82. The highest BCUT2D eigenvalue weighted by Gasteiger charge is 2.34. The van der Waals surface area contributed by atoms with Crippen molar-refractivity contribution in [3.63, 3.8) is 0 Å². The van der Waals surface area contributed by atoms with E-state index in [9.17, 15) is 19.8 Å². The van der Waals surface area contributed by atoms with Crippen LogP contribution in [-0.4, -0.2) is 52.4 Å². The van der Waals surface area contributed by atoms with Crippen LogP contribution in [0.1, 0.15) is 76.3 Å². The summed E-state index contributed by atoms with van der Waals surface area (Å²) < 4.78 is 0. The highest BCUT2D eigenvalue weighted by molar-refractivity contribution is 5.90. The van der Waals surface area contributed by atoms with Gasteiger partial charge in [-0.25, -0.2) is 0 Å². The SMILES string of the molecule is C=CC[C@H](NC(=O)[C@H]1Cc2ccccc2CN1)C(=O)N[C@@H](CC1CCCCC1)[C@@H](O)[C@@H](O)CC(C)C. The first-order valence-corrected chi connectivity index (χ1v) is 13.7. The highest BCUT2D eigenvalue weighted by Crippen LogP contribution is 2.29. The van der Waals surface area contributed by atoms with Crippen LogP contribution >= 0.6 is 0 Å². The third kappa shape index (κ3) is 8.15. The average molecular weight is 500 g/mol. The minimum atomic E-state index is -1.06. The Labute approximate surface area is 216 Å². The maximum Gasteiger partial charge on any atom is 0.243 e. The molecule has 5 N–H and O–H groups in total. The first kappa shape index (κ1) is 28.4. The van der Waals surface area contributed by atoms with Crippen molar-refractivity contribution in [1.29, 1.82) is 0 Å².